The van der Waals surface area contributed by atoms with Crippen LogP contribution in [0.15, 0.2) is 43.0 Å². The molecule has 0 aliphatic rings. The van der Waals surface area contributed by atoms with E-state index in [0.717, 1.165) is 17.7 Å². The van der Waals surface area contributed by atoms with E-state index in [-0.39, 0.29) is 12.4 Å². The number of benzene rings is 1. The number of Topliss-reactive ketones (excluding diaryl/α,β-unsaturated/α-hetero) is 1. The zero-order valence-corrected chi connectivity index (χ0v) is 12.8. The molecule has 22 heavy (non-hydrogen) atoms. The first-order valence-corrected chi connectivity index (χ1v) is 7.05. The lowest BCUT2D eigenvalue weighted by atomic mass is 10.1. The number of carbonyl (C=O) groups excluding carboxylic acids is 2. The first kappa shape index (κ1) is 15.8. The molecule has 2 aromatic rings. The zero-order chi connectivity index (χ0) is 16.1. The first-order valence-electron chi connectivity index (χ1n) is 7.05. The van der Waals surface area contributed by atoms with Gasteiger partial charge in [-0.15, -0.1) is 6.58 Å². The first-order chi connectivity index (χ1) is 10.6. The second-order valence-electron chi connectivity index (χ2n) is 5.08. The fraction of sp³-hybridized carbons (Fsp3) is 0.222. The van der Waals surface area contributed by atoms with Crippen LogP contribution < -0.4 is 4.74 Å². The smallest absolute Gasteiger partial charge is 0.202 e. The van der Waals surface area contributed by atoms with Crippen molar-refractivity contribution in [3.8, 4) is 5.75 Å². The summed E-state index contributed by atoms with van der Waals surface area (Å²) in [5, 5.41) is 0. The maximum absolute atomic E-state index is 12.3. The monoisotopic (exact) mass is 297 g/mol. The van der Waals surface area contributed by atoms with Gasteiger partial charge in [-0.1, -0.05) is 6.08 Å². The molecule has 0 unspecified atom stereocenters. The molecule has 0 aliphatic heterocycles. The third-order valence-electron chi connectivity index (χ3n) is 3.57. The molecular formula is C18H19NO3. The Bertz CT molecular complexity index is 696. The van der Waals surface area contributed by atoms with Gasteiger partial charge in [-0.05, 0) is 44.2 Å². The van der Waals surface area contributed by atoms with Gasteiger partial charge in [0.05, 0.1) is 0 Å². The lowest BCUT2D eigenvalue weighted by Crippen LogP contribution is -2.13. The Morgan fingerprint density at radius 2 is 1.95 bits per heavy atom. The standard InChI is InChI=1S/C18H19NO3/c1-4-9-19-13(2)10-17(14(19)3)18(21)12-22-16-7-5-15(11-20)6-8-16/h4-8,10-11H,1,9,12H2,2-3H3. The molecule has 1 aromatic heterocycles. The van der Waals surface area contributed by atoms with Crippen molar-refractivity contribution in [1.82, 2.24) is 4.57 Å². The van der Waals surface area contributed by atoms with Gasteiger partial charge in [-0.3, -0.25) is 9.59 Å². The summed E-state index contributed by atoms with van der Waals surface area (Å²) in [7, 11) is 0. The fourth-order valence-electron chi connectivity index (χ4n) is 2.36. The van der Waals surface area contributed by atoms with Crippen LogP contribution in [0.2, 0.25) is 0 Å². The van der Waals surface area contributed by atoms with Crippen molar-refractivity contribution < 1.29 is 14.3 Å². The van der Waals surface area contributed by atoms with Gasteiger partial charge in [0, 0.05) is 29.1 Å². The van der Waals surface area contributed by atoms with E-state index in [1.54, 1.807) is 30.3 Å². The number of nitrogens with zero attached hydrogens (tertiary/aromatic N) is 1. The summed E-state index contributed by atoms with van der Waals surface area (Å²) in [5.41, 5.74) is 3.19. The highest BCUT2D eigenvalue weighted by atomic mass is 16.5. The summed E-state index contributed by atoms with van der Waals surface area (Å²) in [6.45, 7) is 8.26. The van der Waals surface area contributed by atoms with Gasteiger partial charge >= 0.3 is 0 Å². The summed E-state index contributed by atoms with van der Waals surface area (Å²) in [5.74, 6) is 0.502. The second kappa shape index (κ2) is 6.89. The summed E-state index contributed by atoms with van der Waals surface area (Å²) in [6, 6.07) is 8.54. The van der Waals surface area contributed by atoms with E-state index < -0.39 is 0 Å². The number of carbonyl (C=O) groups is 2. The molecule has 0 bridgehead atoms. The van der Waals surface area contributed by atoms with Crippen molar-refractivity contribution in [2.75, 3.05) is 6.61 Å². The average molecular weight is 297 g/mol. The van der Waals surface area contributed by atoms with Crippen molar-refractivity contribution >= 4 is 12.1 Å². The van der Waals surface area contributed by atoms with Crippen LogP contribution in [0.25, 0.3) is 0 Å². The van der Waals surface area contributed by atoms with Crippen LogP contribution in [-0.4, -0.2) is 23.2 Å². The Balaban J connectivity index is 2.07. The zero-order valence-electron chi connectivity index (χ0n) is 12.8. The molecular weight excluding hydrogens is 278 g/mol. The van der Waals surface area contributed by atoms with Crippen molar-refractivity contribution in [2.45, 2.75) is 20.4 Å². The van der Waals surface area contributed by atoms with Gasteiger partial charge in [0.25, 0.3) is 0 Å². The minimum atomic E-state index is -0.0668. The van der Waals surface area contributed by atoms with Crippen molar-refractivity contribution in [3.63, 3.8) is 0 Å². The van der Waals surface area contributed by atoms with Gasteiger partial charge in [-0.25, -0.2) is 0 Å². The van der Waals surface area contributed by atoms with Gasteiger partial charge in [0.1, 0.15) is 12.0 Å². The summed E-state index contributed by atoms with van der Waals surface area (Å²) in [6.07, 6.45) is 2.57. The van der Waals surface area contributed by atoms with Crippen LogP contribution in [0.5, 0.6) is 5.75 Å². The lowest BCUT2D eigenvalue weighted by molar-refractivity contribution is 0.0920. The number of aldehydes is 1. The minimum Gasteiger partial charge on any atom is -0.485 e. The maximum atomic E-state index is 12.3. The van der Waals surface area contributed by atoms with Gasteiger partial charge in [-0.2, -0.15) is 0 Å². The molecule has 0 radical (unpaired) electrons. The van der Waals surface area contributed by atoms with E-state index in [1.165, 1.54) is 0 Å². The largest absolute Gasteiger partial charge is 0.485 e. The quantitative estimate of drug-likeness (QED) is 0.447. The highest BCUT2D eigenvalue weighted by Crippen LogP contribution is 2.17. The number of ether oxygens (including phenoxy) is 1. The molecule has 2 rings (SSSR count). The highest BCUT2D eigenvalue weighted by molar-refractivity contribution is 5.98. The summed E-state index contributed by atoms with van der Waals surface area (Å²) in [4.78, 5) is 22.9. The Morgan fingerprint density at radius 1 is 1.27 bits per heavy atom. The minimum absolute atomic E-state index is 0.0289. The molecule has 4 nitrogen and oxygen atoms in total. The second-order valence-corrected chi connectivity index (χ2v) is 5.08. The van der Waals surface area contributed by atoms with Crippen molar-refractivity contribution in [3.05, 3.63) is 65.5 Å². The number of ketones is 1. The Morgan fingerprint density at radius 3 is 2.55 bits per heavy atom. The number of allylic oxidation sites excluding steroid dienone is 1. The Hall–Kier alpha value is -2.62. The third kappa shape index (κ3) is 3.34. The lowest BCUT2D eigenvalue weighted by Gasteiger charge is -2.07. The molecule has 114 valence electrons. The van der Waals surface area contributed by atoms with Crippen LogP contribution >= 0.6 is 0 Å². The SMILES string of the molecule is C=CCn1c(C)cc(C(=O)COc2ccc(C=O)cc2)c1C. The molecule has 0 saturated heterocycles. The number of rotatable bonds is 7. The Labute approximate surface area is 130 Å². The molecule has 0 amide bonds. The molecule has 0 saturated carbocycles. The van der Waals surface area contributed by atoms with E-state index in [0.29, 0.717) is 23.4 Å². The van der Waals surface area contributed by atoms with Gasteiger partial charge in [0.15, 0.2) is 6.61 Å². The van der Waals surface area contributed by atoms with E-state index in [2.05, 4.69) is 6.58 Å². The van der Waals surface area contributed by atoms with Crippen molar-refractivity contribution in [2.24, 2.45) is 0 Å². The number of aromatic nitrogens is 1. The van der Waals surface area contributed by atoms with E-state index >= 15 is 0 Å². The topological polar surface area (TPSA) is 48.3 Å². The molecule has 1 heterocycles. The van der Waals surface area contributed by atoms with Gasteiger partial charge < -0.3 is 9.30 Å². The van der Waals surface area contributed by atoms with Crippen LogP contribution in [-0.2, 0) is 6.54 Å². The van der Waals surface area contributed by atoms with Crippen molar-refractivity contribution in [1.29, 1.82) is 0 Å². The van der Waals surface area contributed by atoms with Crippen LogP contribution in [0, 0.1) is 13.8 Å². The normalized spacial score (nSPS) is 10.3. The van der Waals surface area contributed by atoms with E-state index in [1.807, 2.05) is 24.5 Å². The van der Waals surface area contributed by atoms with Crippen LogP contribution in [0.4, 0.5) is 0 Å². The predicted molar refractivity (Wildman–Crippen MR) is 85.8 cm³/mol. The summed E-state index contributed by atoms with van der Waals surface area (Å²) >= 11 is 0. The molecule has 0 fully saturated rings. The molecule has 1 aromatic carbocycles. The molecule has 0 atom stereocenters. The third-order valence-corrected chi connectivity index (χ3v) is 3.57. The predicted octanol–water partition coefficient (Wildman–Crippen LogP) is 3.37. The number of hydrogen-bond acceptors (Lipinski definition) is 3. The highest BCUT2D eigenvalue weighted by Gasteiger charge is 2.15. The van der Waals surface area contributed by atoms with Crippen LogP contribution in [0.1, 0.15) is 32.1 Å². The maximum Gasteiger partial charge on any atom is 0.202 e. The average Bonchev–Trinajstić information content (AvgIpc) is 2.81. The fourth-order valence-corrected chi connectivity index (χ4v) is 2.36. The van der Waals surface area contributed by atoms with Crippen LogP contribution in [0.3, 0.4) is 0 Å². The van der Waals surface area contributed by atoms with Gasteiger partial charge in [0.2, 0.25) is 5.78 Å². The van der Waals surface area contributed by atoms with E-state index in [9.17, 15) is 9.59 Å². The number of hydrogen-bond donors (Lipinski definition) is 0. The molecule has 0 aliphatic carbocycles. The number of aryl methyl sites for hydroxylation is 1. The Kier molecular flexibility index (Phi) is 4.94. The molecule has 0 spiro atoms. The summed E-state index contributed by atoms with van der Waals surface area (Å²) < 4.78 is 7.53. The molecule has 4 heteroatoms. The molecule has 0 N–H and O–H groups in total. The van der Waals surface area contributed by atoms with E-state index in [4.69, 9.17) is 4.74 Å².